The fourth-order valence-electron chi connectivity index (χ4n) is 1.76. The van der Waals surface area contributed by atoms with Gasteiger partial charge in [-0.1, -0.05) is 0 Å². The third-order valence-electron chi connectivity index (χ3n) is 2.70. The third-order valence-corrected chi connectivity index (χ3v) is 3.40. The Balaban J connectivity index is 1.97. The second kappa shape index (κ2) is 4.26. The number of aromatic amines is 1. The molecule has 3 rings (SSSR count). The number of nitrogen functional groups attached to an aromatic ring is 1. The molecular formula is C11H12N6S. The van der Waals surface area contributed by atoms with Crippen molar-refractivity contribution in [1.82, 2.24) is 19.9 Å². The summed E-state index contributed by atoms with van der Waals surface area (Å²) >= 11 is 1.67. The molecule has 3 aromatic rings. The van der Waals surface area contributed by atoms with E-state index >= 15 is 0 Å². The molecule has 0 aliphatic carbocycles. The molecule has 0 saturated carbocycles. The van der Waals surface area contributed by atoms with Crippen LogP contribution in [0.5, 0.6) is 0 Å². The monoisotopic (exact) mass is 260 g/mol. The number of hydrogen-bond acceptors (Lipinski definition) is 6. The second-order valence-electron chi connectivity index (χ2n) is 3.95. The van der Waals surface area contributed by atoms with Gasteiger partial charge in [0.05, 0.1) is 12.4 Å². The standard InChI is InChI=1S/C11H12N6S/c1-6(7-2-3-18-4-7)15-10-8-9(14-5-13-8)16-11(12)17-10/h2-6H,1H3,(H4,12,13,14,15,16,17). The van der Waals surface area contributed by atoms with Crippen molar-refractivity contribution < 1.29 is 0 Å². The summed E-state index contributed by atoms with van der Waals surface area (Å²) in [6.45, 7) is 2.07. The molecule has 1 unspecified atom stereocenters. The zero-order valence-electron chi connectivity index (χ0n) is 9.71. The summed E-state index contributed by atoms with van der Waals surface area (Å²) < 4.78 is 0. The molecule has 4 N–H and O–H groups in total. The van der Waals surface area contributed by atoms with Gasteiger partial charge in [0.25, 0.3) is 0 Å². The Kier molecular flexibility index (Phi) is 2.60. The maximum absolute atomic E-state index is 5.66. The molecule has 92 valence electrons. The molecule has 0 bridgehead atoms. The van der Waals surface area contributed by atoms with Gasteiger partial charge in [-0.25, -0.2) is 4.98 Å². The minimum atomic E-state index is 0.150. The number of anilines is 2. The van der Waals surface area contributed by atoms with Crippen molar-refractivity contribution in [3.05, 3.63) is 28.7 Å². The van der Waals surface area contributed by atoms with E-state index in [4.69, 9.17) is 5.73 Å². The largest absolute Gasteiger partial charge is 0.368 e. The molecule has 0 aliphatic heterocycles. The highest BCUT2D eigenvalue weighted by Gasteiger charge is 2.12. The van der Waals surface area contributed by atoms with Crippen LogP contribution in [0.2, 0.25) is 0 Å². The number of aromatic nitrogens is 4. The van der Waals surface area contributed by atoms with Gasteiger partial charge in [0.2, 0.25) is 5.95 Å². The fourth-order valence-corrected chi connectivity index (χ4v) is 2.52. The molecule has 3 aromatic heterocycles. The zero-order chi connectivity index (χ0) is 12.5. The highest BCUT2D eigenvalue weighted by molar-refractivity contribution is 7.07. The summed E-state index contributed by atoms with van der Waals surface area (Å²) in [5, 5.41) is 7.47. The molecule has 0 spiro atoms. The molecule has 18 heavy (non-hydrogen) atoms. The average Bonchev–Trinajstić information content (AvgIpc) is 2.98. The van der Waals surface area contributed by atoms with E-state index in [9.17, 15) is 0 Å². The first-order chi connectivity index (χ1) is 8.74. The minimum Gasteiger partial charge on any atom is -0.368 e. The molecule has 0 aromatic carbocycles. The van der Waals surface area contributed by atoms with Crippen LogP contribution in [0.3, 0.4) is 0 Å². The third kappa shape index (κ3) is 1.88. The lowest BCUT2D eigenvalue weighted by Crippen LogP contribution is -2.09. The SMILES string of the molecule is CC(Nc1nc(N)nc2nc[nH]c12)c1ccsc1. The topological polar surface area (TPSA) is 92.5 Å². The minimum absolute atomic E-state index is 0.150. The summed E-state index contributed by atoms with van der Waals surface area (Å²) in [5.41, 5.74) is 8.22. The van der Waals surface area contributed by atoms with E-state index in [0.717, 1.165) is 5.52 Å². The van der Waals surface area contributed by atoms with Crippen LogP contribution >= 0.6 is 11.3 Å². The van der Waals surface area contributed by atoms with E-state index < -0.39 is 0 Å². The van der Waals surface area contributed by atoms with Gasteiger partial charge in [-0.05, 0) is 29.3 Å². The van der Waals surface area contributed by atoms with Crippen LogP contribution in [0, 0.1) is 0 Å². The first-order valence-electron chi connectivity index (χ1n) is 5.49. The zero-order valence-corrected chi connectivity index (χ0v) is 10.5. The van der Waals surface area contributed by atoms with Crippen molar-refractivity contribution in [3.63, 3.8) is 0 Å². The summed E-state index contributed by atoms with van der Waals surface area (Å²) in [7, 11) is 0. The van der Waals surface area contributed by atoms with Gasteiger partial charge in [-0.2, -0.15) is 21.3 Å². The van der Waals surface area contributed by atoms with Crippen LogP contribution in [0.15, 0.2) is 23.2 Å². The van der Waals surface area contributed by atoms with Crippen LogP contribution in [0.4, 0.5) is 11.8 Å². The average molecular weight is 260 g/mol. The molecule has 0 amide bonds. The van der Waals surface area contributed by atoms with E-state index in [2.05, 4.69) is 43.6 Å². The number of thiophene rings is 1. The molecule has 0 fully saturated rings. The lowest BCUT2D eigenvalue weighted by atomic mass is 10.2. The smallest absolute Gasteiger partial charge is 0.224 e. The number of hydrogen-bond donors (Lipinski definition) is 3. The van der Waals surface area contributed by atoms with Crippen molar-refractivity contribution in [2.75, 3.05) is 11.1 Å². The number of H-pyrrole nitrogens is 1. The van der Waals surface area contributed by atoms with Crippen molar-refractivity contribution in [2.45, 2.75) is 13.0 Å². The Bertz CT molecular complexity index is 659. The number of imidazole rings is 1. The Morgan fingerprint density at radius 1 is 1.44 bits per heavy atom. The normalized spacial score (nSPS) is 12.7. The summed E-state index contributed by atoms with van der Waals surface area (Å²) in [5.74, 6) is 0.892. The van der Waals surface area contributed by atoms with Crippen molar-refractivity contribution >= 4 is 34.3 Å². The quantitative estimate of drug-likeness (QED) is 0.671. The Labute approximate surface area is 107 Å². The lowest BCUT2D eigenvalue weighted by molar-refractivity contribution is 0.881. The van der Waals surface area contributed by atoms with E-state index in [-0.39, 0.29) is 12.0 Å². The molecular weight excluding hydrogens is 248 g/mol. The van der Waals surface area contributed by atoms with Crippen molar-refractivity contribution in [3.8, 4) is 0 Å². The number of nitrogens with one attached hydrogen (secondary N) is 2. The first kappa shape index (κ1) is 11.0. The number of rotatable bonds is 3. The number of nitrogens with two attached hydrogens (primary N) is 1. The predicted octanol–water partition coefficient (Wildman–Crippen LogP) is 2.17. The van der Waals surface area contributed by atoms with Crippen LogP contribution in [0.1, 0.15) is 18.5 Å². The lowest BCUT2D eigenvalue weighted by Gasteiger charge is -2.13. The van der Waals surface area contributed by atoms with Gasteiger partial charge in [0.1, 0.15) is 5.52 Å². The predicted molar refractivity (Wildman–Crippen MR) is 72.5 cm³/mol. The Morgan fingerprint density at radius 3 is 3.11 bits per heavy atom. The molecule has 3 heterocycles. The summed E-state index contributed by atoms with van der Waals surface area (Å²) in [6, 6.07) is 2.23. The van der Waals surface area contributed by atoms with Crippen LogP contribution in [0.25, 0.3) is 11.2 Å². The number of nitrogens with zero attached hydrogens (tertiary/aromatic N) is 3. The van der Waals surface area contributed by atoms with Crippen LogP contribution < -0.4 is 11.1 Å². The van der Waals surface area contributed by atoms with Crippen LogP contribution in [-0.2, 0) is 0 Å². The van der Waals surface area contributed by atoms with E-state index in [1.165, 1.54) is 5.56 Å². The van der Waals surface area contributed by atoms with Gasteiger partial charge in [-0.15, -0.1) is 0 Å². The number of fused-ring (bicyclic) bond motifs is 1. The Morgan fingerprint density at radius 2 is 2.33 bits per heavy atom. The highest BCUT2D eigenvalue weighted by atomic mass is 32.1. The molecule has 6 nitrogen and oxygen atoms in total. The molecule has 1 atom stereocenters. The summed E-state index contributed by atoms with van der Waals surface area (Å²) in [4.78, 5) is 15.4. The fraction of sp³-hybridized carbons (Fsp3) is 0.182. The van der Waals surface area contributed by atoms with Gasteiger partial charge in [0, 0.05) is 0 Å². The second-order valence-corrected chi connectivity index (χ2v) is 4.73. The van der Waals surface area contributed by atoms with Crippen LogP contribution in [-0.4, -0.2) is 19.9 Å². The molecule has 0 saturated heterocycles. The highest BCUT2D eigenvalue weighted by Crippen LogP contribution is 2.24. The van der Waals surface area contributed by atoms with Crippen molar-refractivity contribution in [1.29, 1.82) is 0 Å². The first-order valence-corrected chi connectivity index (χ1v) is 6.43. The van der Waals surface area contributed by atoms with E-state index in [0.29, 0.717) is 11.5 Å². The summed E-state index contributed by atoms with van der Waals surface area (Å²) in [6.07, 6.45) is 1.58. The van der Waals surface area contributed by atoms with E-state index in [1.807, 2.05) is 5.38 Å². The van der Waals surface area contributed by atoms with Crippen molar-refractivity contribution in [2.24, 2.45) is 0 Å². The van der Waals surface area contributed by atoms with Gasteiger partial charge in [-0.3, -0.25) is 0 Å². The van der Waals surface area contributed by atoms with E-state index in [1.54, 1.807) is 17.7 Å². The molecule has 0 aliphatic rings. The Hall–Kier alpha value is -2.15. The molecule has 7 heteroatoms. The molecule has 0 radical (unpaired) electrons. The van der Waals surface area contributed by atoms with Gasteiger partial charge < -0.3 is 16.0 Å². The maximum atomic E-state index is 5.66. The van der Waals surface area contributed by atoms with Gasteiger partial charge >= 0.3 is 0 Å². The van der Waals surface area contributed by atoms with Gasteiger partial charge in [0.15, 0.2) is 11.5 Å². The maximum Gasteiger partial charge on any atom is 0.224 e.